The van der Waals surface area contributed by atoms with Crippen LogP contribution in [0.5, 0.6) is 0 Å². The summed E-state index contributed by atoms with van der Waals surface area (Å²) in [4.78, 5) is 0. The first-order chi connectivity index (χ1) is 23.0. The second kappa shape index (κ2) is 16.5. The summed E-state index contributed by atoms with van der Waals surface area (Å²) in [5.41, 5.74) is 11.8. The largest absolute Gasteiger partial charge is 0.206 e. The van der Waals surface area contributed by atoms with Gasteiger partial charge in [-0.1, -0.05) is 162 Å². The normalized spacial score (nSPS) is 11.2. The van der Waals surface area contributed by atoms with E-state index < -0.39 is 0 Å². The molecule has 0 amide bonds. The van der Waals surface area contributed by atoms with Crippen molar-refractivity contribution in [1.29, 1.82) is 0 Å². The zero-order chi connectivity index (χ0) is 34.5. The fourth-order valence-electron chi connectivity index (χ4n) is 6.16. The average Bonchev–Trinajstić information content (AvgIpc) is 3.67. The fraction of sp³-hybridized carbons (Fsp3) is 0.333. The minimum absolute atomic E-state index is 0. The van der Waals surface area contributed by atoms with Crippen molar-refractivity contribution in [3.8, 4) is 33.9 Å². The molecule has 7 heteroatoms. The van der Waals surface area contributed by atoms with E-state index in [9.17, 15) is 0 Å². The fourth-order valence-corrected chi connectivity index (χ4v) is 6.16. The molecule has 2 aromatic heterocycles. The standard InChI is InChI=1S/2C21H25N3.Ag/c2*1-15(2)18-12-9-13-19(16(3)4)21(18)24-14-20(23(5)22-24)17-10-7-6-8-11-17;/h2*6-13,15-16H,1-5H3;. The monoisotopic (exact) mass is 745 g/mol. The molecular weight excluding hydrogens is 696 g/mol. The Morgan fingerprint density at radius 3 is 1.00 bits per heavy atom. The third-order valence-corrected chi connectivity index (χ3v) is 8.72. The first-order valence-corrected chi connectivity index (χ1v) is 17.1. The molecule has 1 radical (unpaired) electrons. The van der Waals surface area contributed by atoms with E-state index in [-0.39, 0.29) is 22.4 Å². The molecule has 6 rings (SSSR count). The van der Waals surface area contributed by atoms with Crippen LogP contribution in [0.15, 0.2) is 97.1 Å². The molecule has 259 valence electrons. The van der Waals surface area contributed by atoms with Gasteiger partial charge in [-0.25, -0.2) is 9.36 Å². The molecule has 49 heavy (non-hydrogen) atoms. The van der Waals surface area contributed by atoms with Crippen molar-refractivity contribution in [2.45, 2.75) is 79.1 Å². The van der Waals surface area contributed by atoms with Gasteiger partial charge in [-0.2, -0.15) is 9.36 Å². The van der Waals surface area contributed by atoms with Crippen LogP contribution in [0, 0.1) is 12.4 Å². The van der Waals surface area contributed by atoms with Gasteiger partial charge in [-0.05, 0) is 23.7 Å². The number of aromatic nitrogens is 6. The summed E-state index contributed by atoms with van der Waals surface area (Å²) in [5.74, 6) is 1.73. The minimum atomic E-state index is 0. The number of benzene rings is 4. The smallest absolute Gasteiger partial charge is 0.101 e. The van der Waals surface area contributed by atoms with Crippen LogP contribution in [-0.4, -0.2) is 19.8 Å². The molecule has 0 atom stereocenters. The summed E-state index contributed by atoms with van der Waals surface area (Å²) >= 11 is 0. The van der Waals surface area contributed by atoms with Crippen LogP contribution in [0.4, 0.5) is 0 Å². The number of nitrogens with zero attached hydrogens (tertiary/aromatic N) is 6. The van der Waals surface area contributed by atoms with Crippen LogP contribution in [0.3, 0.4) is 0 Å². The average molecular weight is 747 g/mol. The Balaban J connectivity index is 0.000000216. The number of hydrogen-bond donors (Lipinski definition) is 0. The Labute approximate surface area is 308 Å². The molecule has 0 saturated carbocycles. The molecular formula is C42H50AgN6. The van der Waals surface area contributed by atoms with Gasteiger partial charge in [-0.3, -0.25) is 0 Å². The molecule has 4 aromatic carbocycles. The topological polar surface area (TPSA) is 43.4 Å². The van der Waals surface area contributed by atoms with Gasteiger partial charge >= 0.3 is 0 Å². The first-order valence-electron chi connectivity index (χ1n) is 17.1. The summed E-state index contributed by atoms with van der Waals surface area (Å²) in [5, 5.41) is 9.44. The SMILES string of the molecule is CC(C)c1cccc(C(C)C)c1-[n+]1[c-]c(-c2ccccc2)n(C)n1.CC(C)c1cccc(C(C)C)c1-[n+]1[c-]c(-c2ccccc2)n(C)n1.[Ag]. The minimum Gasteiger partial charge on any atom is -0.206 e. The Morgan fingerprint density at radius 1 is 0.449 bits per heavy atom. The van der Waals surface area contributed by atoms with Crippen LogP contribution < -0.4 is 9.36 Å². The second-order valence-corrected chi connectivity index (χ2v) is 13.7. The van der Waals surface area contributed by atoms with Crippen molar-refractivity contribution >= 4 is 0 Å². The van der Waals surface area contributed by atoms with Gasteiger partial charge in [-0.15, -0.1) is 24.3 Å². The maximum absolute atomic E-state index is 4.72. The molecule has 0 bridgehead atoms. The summed E-state index contributed by atoms with van der Waals surface area (Å²) in [7, 11) is 3.95. The van der Waals surface area contributed by atoms with E-state index >= 15 is 0 Å². The van der Waals surface area contributed by atoms with Crippen molar-refractivity contribution in [2.24, 2.45) is 14.1 Å². The second-order valence-electron chi connectivity index (χ2n) is 13.7. The van der Waals surface area contributed by atoms with E-state index in [1.165, 1.54) is 33.6 Å². The molecule has 0 saturated heterocycles. The predicted octanol–water partition coefficient (Wildman–Crippen LogP) is 8.82. The van der Waals surface area contributed by atoms with Crippen LogP contribution in [0.25, 0.3) is 33.9 Å². The maximum atomic E-state index is 4.72. The van der Waals surface area contributed by atoms with Crippen molar-refractivity contribution < 1.29 is 31.7 Å². The van der Waals surface area contributed by atoms with Gasteiger partial charge in [0.05, 0.1) is 45.6 Å². The van der Waals surface area contributed by atoms with E-state index in [1.54, 1.807) is 0 Å². The third-order valence-electron chi connectivity index (χ3n) is 8.72. The van der Waals surface area contributed by atoms with Crippen LogP contribution >= 0.6 is 0 Å². The van der Waals surface area contributed by atoms with Gasteiger partial charge in [0, 0.05) is 22.4 Å². The quantitative estimate of drug-likeness (QED) is 0.0889. The van der Waals surface area contributed by atoms with Gasteiger partial charge in [0.2, 0.25) is 0 Å². The summed E-state index contributed by atoms with van der Waals surface area (Å²) in [6.45, 7) is 17.8. The zero-order valence-electron chi connectivity index (χ0n) is 30.5. The molecule has 0 spiro atoms. The Bertz CT molecular complexity index is 1760. The molecule has 0 aliphatic carbocycles. The summed E-state index contributed by atoms with van der Waals surface area (Å²) < 4.78 is 7.65. The molecule has 0 fully saturated rings. The third kappa shape index (κ3) is 8.38. The molecule has 0 aliphatic heterocycles. The number of aryl methyl sites for hydroxylation is 2. The molecule has 0 N–H and O–H groups in total. The van der Waals surface area contributed by atoms with Crippen molar-refractivity contribution in [3.63, 3.8) is 0 Å². The molecule has 6 aromatic rings. The van der Waals surface area contributed by atoms with Gasteiger partial charge < -0.3 is 0 Å². The predicted molar refractivity (Wildman–Crippen MR) is 194 cm³/mol. The van der Waals surface area contributed by atoms with Gasteiger partial charge in [0.25, 0.3) is 0 Å². The van der Waals surface area contributed by atoms with Crippen LogP contribution in [-0.2, 0) is 36.5 Å². The molecule has 2 heterocycles. The van der Waals surface area contributed by atoms with E-state index in [0.717, 1.165) is 22.5 Å². The summed E-state index contributed by atoms with van der Waals surface area (Å²) in [6, 6.07) is 33.7. The van der Waals surface area contributed by atoms with Gasteiger partial charge in [0.1, 0.15) is 14.1 Å². The van der Waals surface area contributed by atoms with Crippen molar-refractivity contribution in [2.75, 3.05) is 0 Å². The zero-order valence-corrected chi connectivity index (χ0v) is 32.0. The van der Waals surface area contributed by atoms with Crippen molar-refractivity contribution in [1.82, 2.24) is 19.8 Å². The van der Waals surface area contributed by atoms with Crippen LogP contribution in [0.2, 0.25) is 0 Å². The Kier molecular flexibility index (Phi) is 12.7. The summed E-state index contributed by atoms with van der Waals surface area (Å²) in [6.07, 6.45) is 6.95. The molecule has 6 nitrogen and oxygen atoms in total. The molecule has 0 unspecified atom stereocenters. The molecule has 0 aliphatic rings. The first kappa shape index (κ1) is 37.7. The van der Waals surface area contributed by atoms with E-state index in [4.69, 9.17) is 10.4 Å². The van der Waals surface area contributed by atoms with E-state index in [0.29, 0.717) is 23.7 Å². The number of hydrogen-bond acceptors (Lipinski definition) is 2. The van der Waals surface area contributed by atoms with Crippen LogP contribution in [0.1, 0.15) is 101 Å². The Morgan fingerprint density at radius 2 is 0.735 bits per heavy atom. The number of para-hydroxylation sites is 2. The van der Waals surface area contributed by atoms with Gasteiger partial charge in [0.15, 0.2) is 0 Å². The van der Waals surface area contributed by atoms with E-state index in [2.05, 4.69) is 128 Å². The maximum Gasteiger partial charge on any atom is 0.101 e. The van der Waals surface area contributed by atoms with E-state index in [1.807, 2.05) is 69.2 Å². The van der Waals surface area contributed by atoms with Crippen molar-refractivity contribution in [3.05, 3.63) is 132 Å². The Hall–Kier alpha value is -4.10. The number of rotatable bonds is 8.